The van der Waals surface area contributed by atoms with E-state index in [4.69, 9.17) is 0 Å². The van der Waals surface area contributed by atoms with Crippen LogP contribution in [0.15, 0.2) is 0 Å². The molecule has 0 spiro atoms. The zero-order valence-electron chi connectivity index (χ0n) is 18.5. The molecule has 0 saturated heterocycles. The summed E-state index contributed by atoms with van der Waals surface area (Å²) < 4.78 is 0. The zero-order chi connectivity index (χ0) is 18.6. The van der Waals surface area contributed by atoms with E-state index < -0.39 is 0 Å². The minimum Gasteiger partial charge on any atom is -0.0654 e. The first-order valence-corrected chi connectivity index (χ1v) is 12.1. The summed E-state index contributed by atoms with van der Waals surface area (Å²) >= 11 is 0. The van der Waals surface area contributed by atoms with Crippen molar-refractivity contribution in [2.24, 2.45) is 11.8 Å². The molecule has 0 aliphatic heterocycles. The van der Waals surface area contributed by atoms with Crippen LogP contribution in [-0.2, 0) is 0 Å². The van der Waals surface area contributed by atoms with Gasteiger partial charge >= 0.3 is 0 Å². The van der Waals surface area contributed by atoms with Gasteiger partial charge in [-0.15, -0.1) is 0 Å². The van der Waals surface area contributed by atoms with E-state index >= 15 is 0 Å². The summed E-state index contributed by atoms with van der Waals surface area (Å²) in [6.45, 7) is 9.34. The Hall–Kier alpha value is 0. The summed E-state index contributed by atoms with van der Waals surface area (Å²) in [6, 6.07) is 0. The molecule has 2 unspecified atom stereocenters. The monoisotopic (exact) mass is 351 g/mol. The molecule has 1 radical (unpaired) electrons. The molecule has 0 nitrogen and oxygen atoms in total. The topological polar surface area (TPSA) is 0 Å². The van der Waals surface area contributed by atoms with Crippen molar-refractivity contribution in [1.29, 1.82) is 0 Å². The van der Waals surface area contributed by atoms with Crippen molar-refractivity contribution < 1.29 is 0 Å². The molecule has 0 amide bonds. The Labute approximate surface area is 161 Å². The van der Waals surface area contributed by atoms with Crippen LogP contribution in [0, 0.1) is 18.3 Å². The van der Waals surface area contributed by atoms with Gasteiger partial charge in [-0.05, 0) is 18.3 Å². The number of hydrogen-bond acceptors (Lipinski definition) is 0. The van der Waals surface area contributed by atoms with E-state index in [1.54, 1.807) is 0 Å². The van der Waals surface area contributed by atoms with Gasteiger partial charge in [0.2, 0.25) is 0 Å². The second-order valence-corrected chi connectivity index (χ2v) is 8.40. The highest BCUT2D eigenvalue weighted by Crippen LogP contribution is 2.29. The molecule has 0 rings (SSSR count). The highest BCUT2D eigenvalue weighted by atomic mass is 14.2. The highest BCUT2D eigenvalue weighted by molar-refractivity contribution is 4.84. The fraction of sp³-hybridized carbons (Fsp3) is 0.960. The van der Waals surface area contributed by atoms with Gasteiger partial charge in [-0.3, -0.25) is 0 Å². The second-order valence-electron chi connectivity index (χ2n) is 8.40. The van der Waals surface area contributed by atoms with Gasteiger partial charge in [0, 0.05) is 0 Å². The van der Waals surface area contributed by atoms with Crippen LogP contribution in [0.2, 0.25) is 0 Å². The van der Waals surface area contributed by atoms with Gasteiger partial charge in [0.15, 0.2) is 0 Å². The third-order valence-electron chi connectivity index (χ3n) is 5.74. The van der Waals surface area contributed by atoms with Crippen molar-refractivity contribution in [3.8, 4) is 0 Å². The molecular formula is C25H51. The summed E-state index contributed by atoms with van der Waals surface area (Å²) in [5.74, 6) is 1.80. The summed E-state index contributed by atoms with van der Waals surface area (Å²) in [4.78, 5) is 0. The molecule has 0 fully saturated rings. The van der Waals surface area contributed by atoms with Crippen molar-refractivity contribution >= 4 is 0 Å². The SMILES string of the molecule is CCCCCCCCC([CH]C(CCCC)CCCCCCC)CCC. The van der Waals surface area contributed by atoms with E-state index in [1.165, 1.54) is 116 Å². The molecule has 0 aliphatic rings. The minimum atomic E-state index is 0.897. The van der Waals surface area contributed by atoms with Crippen LogP contribution in [0.1, 0.15) is 143 Å². The fourth-order valence-electron chi connectivity index (χ4n) is 4.09. The molecule has 25 heavy (non-hydrogen) atoms. The minimum absolute atomic E-state index is 0.897. The van der Waals surface area contributed by atoms with Crippen LogP contribution in [-0.4, -0.2) is 0 Å². The fourth-order valence-corrected chi connectivity index (χ4v) is 4.09. The predicted molar refractivity (Wildman–Crippen MR) is 117 cm³/mol. The summed E-state index contributed by atoms with van der Waals surface area (Å²) in [5, 5.41) is 0. The molecule has 0 heterocycles. The Bertz CT molecular complexity index is 232. The Kier molecular flexibility index (Phi) is 20.3. The molecular weight excluding hydrogens is 300 g/mol. The maximum atomic E-state index is 2.81. The number of rotatable bonds is 20. The standard InChI is InChI=1S/C25H51/c1-5-9-12-14-16-18-21-24(19-8-4)23-25(20-11-7-3)22-17-15-13-10-6-2/h23-25H,5-22H2,1-4H3. The molecule has 0 aliphatic carbocycles. The van der Waals surface area contributed by atoms with E-state index in [0.717, 1.165) is 11.8 Å². The first-order valence-electron chi connectivity index (χ1n) is 12.1. The third-order valence-corrected chi connectivity index (χ3v) is 5.74. The van der Waals surface area contributed by atoms with E-state index in [-0.39, 0.29) is 0 Å². The first-order chi connectivity index (χ1) is 12.3. The molecule has 0 aromatic carbocycles. The van der Waals surface area contributed by atoms with Crippen LogP contribution in [0.5, 0.6) is 0 Å². The maximum Gasteiger partial charge on any atom is -0.0324 e. The molecule has 2 atom stereocenters. The summed E-state index contributed by atoms with van der Waals surface area (Å²) in [7, 11) is 0. The quantitative estimate of drug-likeness (QED) is 0.191. The lowest BCUT2D eigenvalue weighted by molar-refractivity contribution is 0.374. The lowest BCUT2D eigenvalue weighted by Gasteiger charge is -2.23. The Balaban J connectivity index is 4.10. The van der Waals surface area contributed by atoms with Gasteiger partial charge in [0.1, 0.15) is 0 Å². The van der Waals surface area contributed by atoms with E-state index in [1.807, 2.05) is 0 Å². The smallest absolute Gasteiger partial charge is 0.0324 e. The zero-order valence-corrected chi connectivity index (χ0v) is 18.5. The van der Waals surface area contributed by atoms with Crippen LogP contribution in [0.4, 0.5) is 0 Å². The van der Waals surface area contributed by atoms with E-state index in [9.17, 15) is 0 Å². The van der Waals surface area contributed by atoms with Crippen molar-refractivity contribution in [1.82, 2.24) is 0 Å². The van der Waals surface area contributed by atoms with Crippen molar-refractivity contribution in [2.45, 2.75) is 143 Å². The molecule has 151 valence electrons. The van der Waals surface area contributed by atoms with Gasteiger partial charge in [0.25, 0.3) is 0 Å². The van der Waals surface area contributed by atoms with E-state index in [0.29, 0.717) is 0 Å². The van der Waals surface area contributed by atoms with Crippen LogP contribution >= 0.6 is 0 Å². The van der Waals surface area contributed by atoms with Crippen LogP contribution in [0.3, 0.4) is 0 Å². The molecule has 0 saturated carbocycles. The molecule has 0 N–H and O–H groups in total. The predicted octanol–water partition coefficient (Wildman–Crippen LogP) is 9.52. The third kappa shape index (κ3) is 17.2. The number of unbranched alkanes of at least 4 members (excludes halogenated alkanes) is 10. The van der Waals surface area contributed by atoms with Gasteiger partial charge in [-0.2, -0.15) is 0 Å². The molecule has 0 aromatic heterocycles. The lowest BCUT2D eigenvalue weighted by atomic mass is 9.82. The molecule has 0 aromatic rings. The van der Waals surface area contributed by atoms with Crippen molar-refractivity contribution in [3.63, 3.8) is 0 Å². The van der Waals surface area contributed by atoms with Gasteiger partial charge in [-0.25, -0.2) is 0 Å². The average molecular weight is 352 g/mol. The summed E-state index contributed by atoms with van der Waals surface area (Å²) in [5.41, 5.74) is 0. The van der Waals surface area contributed by atoms with Gasteiger partial charge < -0.3 is 0 Å². The lowest BCUT2D eigenvalue weighted by Crippen LogP contribution is -2.11. The molecule has 0 bridgehead atoms. The maximum absolute atomic E-state index is 2.81. The second kappa shape index (κ2) is 20.3. The highest BCUT2D eigenvalue weighted by Gasteiger charge is 2.16. The van der Waals surface area contributed by atoms with Crippen LogP contribution < -0.4 is 0 Å². The normalized spacial score (nSPS) is 13.9. The van der Waals surface area contributed by atoms with E-state index in [2.05, 4.69) is 34.1 Å². The van der Waals surface area contributed by atoms with Gasteiger partial charge in [-0.1, -0.05) is 143 Å². The summed E-state index contributed by atoms with van der Waals surface area (Å²) in [6.07, 6.45) is 28.5. The largest absolute Gasteiger partial charge is 0.0654 e. The molecule has 0 heteroatoms. The first kappa shape index (κ1) is 25.0. The Morgan fingerprint density at radius 2 is 0.800 bits per heavy atom. The van der Waals surface area contributed by atoms with Crippen molar-refractivity contribution in [2.75, 3.05) is 0 Å². The average Bonchev–Trinajstić information content (AvgIpc) is 2.62. The Morgan fingerprint density at radius 3 is 1.28 bits per heavy atom. The van der Waals surface area contributed by atoms with Gasteiger partial charge in [0.05, 0.1) is 0 Å². The Morgan fingerprint density at radius 1 is 0.400 bits per heavy atom. The van der Waals surface area contributed by atoms with Crippen molar-refractivity contribution in [3.05, 3.63) is 6.42 Å². The van der Waals surface area contributed by atoms with Crippen LogP contribution in [0.25, 0.3) is 0 Å². The number of hydrogen-bond donors (Lipinski definition) is 0.